The fourth-order valence-corrected chi connectivity index (χ4v) is 0.969. The Morgan fingerprint density at radius 1 is 1.46 bits per heavy atom. The van der Waals surface area contributed by atoms with Crippen LogP contribution in [0.25, 0.3) is 0 Å². The summed E-state index contributed by atoms with van der Waals surface area (Å²) in [5.74, 6) is 1.61. The van der Waals surface area contributed by atoms with Crippen molar-refractivity contribution in [2.45, 2.75) is 45.6 Å². The van der Waals surface area contributed by atoms with Crippen LogP contribution in [0.2, 0.25) is 0 Å². The molecule has 0 unspecified atom stereocenters. The van der Waals surface area contributed by atoms with Crippen LogP contribution in [-0.4, -0.2) is 15.2 Å². The molecule has 0 aromatic carbocycles. The van der Waals surface area contributed by atoms with Crippen molar-refractivity contribution < 1.29 is 0 Å². The number of nitrogens with zero attached hydrogens (tertiary/aromatic N) is 2. The van der Waals surface area contributed by atoms with Crippen molar-refractivity contribution in [1.82, 2.24) is 15.2 Å². The molecule has 0 saturated heterocycles. The predicted octanol–water partition coefficient (Wildman–Crippen LogP) is 1.51. The van der Waals surface area contributed by atoms with Gasteiger partial charge < -0.3 is 5.73 Å². The van der Waals surface area contributed by atoms with Gasteiger partial charge in [-0.05, 0) is 6.42 Å². The first-order valence-corrected chi connectivity index (χ1v) is 4.63. The average Bonchev–Trinajstić information content (AvgIpc) is 2.50. The second kappa shape index (κ2) is 3.46. The zero-order chi connectivity index (χ0) is 10.1. The van der Waals surface area contributed by atoms with Crippen molar-refractivity contribution >= 4 is 0 Å². The number of hydrogen-bond donors (Lipinski definition) is 2. The van der Waals surface area contributed by atoms with Crippen LogP contribution in [-0.2, 0) is 5.41 Å². The molecule has 0 aliphatic rings. The third kappa shape index (κ3) is 2.28. The third-order valence-electron chi connectivity index (χ3n) is 1.96. The van der Waals surface area contributed by atoms with Gasteiger partial charge in [0.2, 0.25) is 0 Å². The molecule has 1 aromatic rings. The van der Waals surface area contributed by atoms with E-state index in [4.69, 9.17) is 5.73 Å². The van der Waals surface area contributed by atoms with Gasteiger partial charge in [-0.25, -0.2) is 4.98 Å². The van der Waals surface area contributed by atoms with Crippen molar-refractivity contribution in [2.75, 3.05) is 0 Å². The summed E-state index contributed by atoms with van der Waals surface area (Å²) in [6.07, 6.45) is 0.874. The Morgan fingerprint density at radius 2 is 2.08 bits per heavy atom. The molecule has 4 heteroatoms. The summed E-state index contributed by atoms with van der Waals surface area (Å²) in [6, 6.07) is -0.0244. The lowest BCUT2D eigenvalue weighted by Gasteiger charge is -2.12. The second-order valence-electron chi connectivity index (χ2n) is 4.31. The van der Waals surface area contributed by atoms with Gasteiger partial charge in [-0.2, -0.15) is 5.10 Å². The fourth-order valence-electron chi connectivity index (χ4n) is 0.969. The Bertz CT molecular complexity index is 271. The van der Waals surface area contributed by atoms with Crippen LogP contribution in [0.4, 0.5) is 0 Å². The topological polar surface area (TPSA) is 67.6 Å². The monoisotopic (exact) mass is 182 g/mol. The van der Waals surface area contributed by atoms with E-state index < -0.39 is 0 Å². The van der Waals surface area contributed by atoms with E-state index in [2.05, 4.69) is 36.0 Å². The molecule has 13 heavy (non-hydrogen) atoms. The van der Waals surface area contributed by atoms with Crippen LogP contribution in [0, 0.1) is 0 Å². The number of aromatic nitrogens is 3. The highest BCUT2D eigenvalue weighted by Crippen LogP contribution is 2.19. The Kier molecular flexibility index (Phi) is 2.71. The minimum Gasteiger partial charge on any atom is -0.321 e. The molecular weight excluding hydrogens is 164 g/mol. The second-order valence-corrected chi connectivity index (χ2v) is 4.31. The number of rotatable bonds is 2. The van der Waals surface area contributed by atoms with Crippen LogP contribution >= 0.6 is 0 Å². The summed E-state index contributed by atoms with van der Waals surface area (Å²) >= 11 is 0. The number of nitrogens with one attached hydrogen (secondary N) is 1. The van der Waals surface area contributed by atoms with Gasteiger partial charge in [-0.1, -0.05) is 27.7 Å². The first-order valence-electron chi connectivity index (χ1n) is 4.63. The van der Waals surface area contributed by atoms with Crippen molar-refractivity contribution in [3.05, 3.63) is 11.6 Å². The van der Waals surface area contributed by atoms with Crippen LogP contribution in [0.1, 0.15) is 51.8 Å². The van der Waals surface area contributed by atoms with Gasteiger partial charge in [0.05, 0.1) is 6.04 Å². The summed E-state index contributed by atoms with van der Waals surface area (Å²) in [4.78, 5) is 4.36. The highest BCUT2D eigenvalue weighted by Gasteiger charge is 2.20. The van der Waals surface area contributed by atoms with Gasteiger partial charge in [-0.3, -0.25) is 5.10 Å². The predicted molar refractivity (Wildman–Crippen MR) is 52.3 cm³/mol. The third-order valence-corrected chi connectivity index (χ3v) is 1.96. The number of aromatic amines is 1. The van der Waals surface area contributed by atoms with Gasteiger partial charge in [0.25, 0.3) is 0 Å². The SMILES string of the molecule is CC[C@H](N)c1nc(C(C)(C)C)n[nH]1. The summed E-state index contributed by atoms with van der Waals surface area (Å²) in [5, 5.41) is 7.02. The fraction of sp³-hybridized carbons (Fsp3) is 0.778. The van der Waals surface area contributed by atoms with E-state index in [9.17, 15) is 0 Å². The standard InChI is InChI=1S/C9H18N4/c1-5-6(10)7-11-8(13-12-7)9(2,3)4/h6H,5,10H2,1-4H3,(H,11,12,13)/t6-/m0/s1. The van der Waals surface area contributed by atoms with Gasteiger partial charge in [0.15, 0.2) is 5.82 Å². The molecule has 4 nitrogen and oxygen atoms in total. The van der Waals surface area contributed by atoms with Gasteiger partial charge in [0.1, 0.15) is 5.82 Å². The van der Waals surface area contributed by atoms with Crippen molar-refractivity contribution in [1.29, 1.82) is 0 Å². The molecule has 0 fully saturated rings. The van der Waals surface area contributed by atoms with E-state index in [-0.39, 0.29) is 11.5 Å². The largest absolute Gasteiger partial charge is 0.321 e. The molecule has 0 aliphatic carbocycles. The molecule has 0 spiro atoms. The first-order chi connectivity index (χ1) is 5.95. The molecule has 74 valence electrons. The van der Waals surface area contributed by atoms with Crippen molar-refractivity contribution in [2.24, 2.45) is 5.73 Å². The van der Waals surface area contributed by atoms with E-state index >= 15 is 0 Å². The van der Waals surface area contributed by atoms with Crippen molar-refractivity contribution in [3.8, 4) is 0 Å². The van der Waals surface area contributed by atoms with Gasteiger partial charge in [-0.15, -0.1) is 0 Å². The maximum atomic E-state index is 5.82. The van der Waals surface area contributed by atoms with E-state index in [0.29, 0.717) is 0 Å². The van der Waals surface area contributed by atoms with Crippen LogP contribution in [0.15, 0.2) is 0 Å². The Morgan fingerprint density at radius 3 is 2.46 bits per heavy atom. The maximum absolute atomic E-state index is 5.82. The smallest absolute Gasteiger partial charge is 0.156 e. The summed E-state index contributed by atoms with van der Waals surface area (Å²) in [6.45, 7) is 8.27. The van der Waals surface area contributed by atoms with Crippen molar-refractivity contribution in [3.63, 3.8) is 0 Å². The highest BCUT2D eigenvalue weighted by atomic mass is 15.2. The van der Waals surface area contributed by atoms with E-state index in [0.717, 1.165) is 18.1 Å². The zero-order valence-corrected chi connectivity index (χ0v) is 8.76. The minimum atomic E-state index is -0.0244. The molecule has 1 atom stereocenters. The quantitative estimate of drug-likeness (QED) is 0.728. The molecule has 1 rings (SSSR count). The van der Waals surface area contributed by atoms with Gasteiger partial charge >= 0.3 is 0 Å². The normalized spacial score (nSPS) is 14.5. The molecule has 0 aliphatic heterocycles. The molecule has 0 amide bonds. The zero-order valence-electron chi connectivity index (χ0n) is 8.76. The Hall–Kier alpha value is -0.900. The number of H-pyrrole nitrogens is 1. The maximum Gasteiger partial charge on any atom is 0.156 e. The summed E-state index contributed by atoms with van der Waals surface area (Å²) < 4.78 is 0. The molecule has 0 bridgehead atoms. The van der Waals surface area contributed by atoms with E-state index in [1.165, 1.54) is 0 Å². The first kappa shape index (κ1) is 10.2. The van der Waals surface area contributed by atoms with E-state index in [1.54, 1.807) is 0 Å². The lowest BCUT2D eigenvalue weighted by Crippen LogP contribution is -2.14. The molecule has 1 heterocycles. The summed E-state index contributed by atoms with van der Waals surface area (Å²) in [7, 11) is 0. The molecule has 3 N–H and O–H groups in total. The highest BCUT2D eigenvalue weighted by molar-refractivity contribution is 5.04. The summed E-state index contributed by atoms with van der Waals surface area (Å²) in [5.41, 5.74) is 5.81. The van der Waals surface area contributed by atoms with Crippen LogP contribution in [0.3, 0.4) is 0 Å². The lowest BCUT2D eigenvalue weighted by molar-refractivity contribution is 0.546. The molecule has 1 aromatic heterocycles. The van der Waals surface area contributed by atoms with Gasteiger partial charge in [0, 0.05) is 5.41 Å². The molecular formula is C9H18N4. The number of nitrogens with two attached hydrogens (primary N) is 1. The van der Waals surface area contributed by atoms with E-state index in [1.807, 2.05) is 6.92 Å². The Labute approximate surface area is 78.9 Å². The average molecular weight is 182 g/mol. The minimum absolute atomic E-state index is 0.0117. The Balaban J connectivity index is 2.87. The molecule has 0 saturated carbocycles. The van der Waals surface area contributed by atoms with Crippen LogP contribution in [0.5, 0.6) is 0 Å². The number of hydrogen-bond acceptors (Lipinski definition) is 3. The lowest BCUT2D eigenvalue weighted by atomic mass is 9.96. The molecule has 0 radical (unpaired) electrons. The van der Waals surface area contributed by atoms with Crippen LogP contribution < -0.4 is 5.73 Å².